The fraction of sp³-hybridized carbons (Fsp3) is 0.333. The van der Waals surface area contributed by atoms with Crippen LogP contribution in [0.15, 0.2) is 36.4 Å². The van der Waals surface area contributed by atoms with Crippen molar-refractivity contribution in [3.05, 3.63) is 69.2 Å². The molecule has 0 N–H and O–H groups in total. The molecule has 0 saturated carbocycles. The molecule has 2 aromatic rings. The highest BCUT2D eigenvalue weighted by Crippen LogP contribution is 2.53. The third-order valence-corrected chi connectivity index (χ3v) is 4.81. The Kier molecular flexibility index (Phi) is 3.72. The first kappa shape index (κ1) is 15.4. The van der Waals surface area contributed by atoms with Gasteiger partial charge in [0.1, 0.15) is 0 Å². The van der Waals surface area contributed by atoms with E-state index in [1.165, 1.54) is 0 Å². The van der Waals surface area contributed by atoms with E-state index in [9.17, 15) is 13.2 Å². The molecule has 0 aromatic heterocycles. The highest BCUT2D eigenvalue weighted by Gasteiger charge is 2.48. The highest BCUT2D eigenvalue weighted by atomic mass is 35.5. The lowest BCUT2D eigenvalue weighted by Crippen LogP contribution is -2.19. The van der Waals surface area contributed by atoms with Gasteiger partial charge in [0.15, 0.2) is 0 Å². The largest absolute Gasteiger partial charge is 0.395 e. The number of rotatable bonds is 1. The number of aryl methyl sites for hydroxylation is 2. The van der Waals surface area contributed by atoms with Gasteiger partial charge in [0, 0.05) is 10.9 Å². The van der Waals surface area contributed by atoms with Crippen molar-refractivity contribution in [3.63, 3.8) is 0 Å². The molecule has 22 heavy (non-hydrogen) atoms. The quantitative estimate of drug-likeness (QED) is 0.591. The van der Waals surface area contributed by atoms with Crippen molar-refractivity contribution in [3.8, 4) is 0 Å². The number of halogens is 4. The number of hydrogen-bond donors (Lipinski definition) is 0. The Hall–Kier alpha value is -1.48. The Morgan fingerprint density at radius 1 is 0.909 bits per heavy atom. The fourth-order valence-electron chi connectivity index (χ4n) is 3.55. The lowest BCUT2D eigenvalue weighted by molar-refractivity contribution is -0.150. The van der Waals surface area contributed by atoms with Crippen molar-refractivity contribution in [2.75, 3.05) is 0 Å². The van der Waals surface area contributed by atoms with Crippen LogP contribution in [0, 0.1) is 13.8 Å². The lowest BCUT2D eigenvalue weighted by atomic mass is 9.89. The monoisotopic (exact) mass is 324 g/mol. The molecular formula is C18H16ClF3. The van der Waals surface area contributed by atoms with Gasteiger partial charge in [0.25, 0.3) is 0 Å². The average Bonchev–Trinajstić information content (AvgIpc) is 2.85. The predicted octanol–water partition coefficient (Wildman–Crippen LogP) is 6.14. The van der Waals surface area contributed by atoms with Crippen LogP contribution in [0.1, 0.15) is 46.1 Å². The summed E-state index contributed by atoms with van der Waals surface area (Å²) in [6, 6.07) is 10.8. The van der Waals surface area contributed by atoms with E-state index in [1.807, 2.05) is 25.1 Å². The summed E-state index contributed by atoms with van der Waals surface area (Å²) in [7, 11) is 0. The van der Waals surface area contributed by atoms with Crippen molar-refractivity contribution in [2.24, 2.45) is 0 Å². The van der Waals surface area contributed by atoms with Crippen LogP contribution in [-0.4, -0.2) is 6.18 Å². The summed E-state index contributed by atoms with van der Waals surface area (Å²) in [6.45, 7) is 3.65. The van der Waals surface area contributed by atoms with Gasteiger partial charge >= 0.3 is 6.18 Å². The molecule has 4 heteroatoms. The van der Waals surface area contributed by atoms with Crippen LogP contribution < -0.4 is 0 Å². The van der Waals surface area contributed by atoms with Crippen LogP contribution >= 0.6 is 11.6 Å². The van der Waals surface area contributed by atoms with Gasteiger partial charge in [-0.05, 0) is 60.2 Å². The molecule has 0 radical (unpaired) electrons. The molecule has 3 rings (SSSR count). The highest BCUT2D eigenvalue weighted by molar-refractivity contribution is 6.30. The molecular weight excluding hydrogens is 309 g/mol. The Labute approximate surface area is 132 Å². The van der Waals surface area contributed by atoms with E-state index in [4.69, 9.17) is 11.6 Å². The number of alkyl halides is 3. The SMILES string of the molecule is Cc1ccc(C)c2c1[C@H](c1ccc(Cl)cc1)C[C@@H]2C(F)(F)F. The molecule has 0 bridgehead atoms. The molecule has 1 aliphatic carbocycles. The first-order valence-corrected chi connectivity index (χ1v) is 7.59. The second-order valence-corrected chi connectivity index (χ2v) is 6.40. The van der Waals surface area contributed by atoms with Gasteiger partial charge in [-0.25, -0.2) is 0 Å². The maximum atomic E-state index is 13.5. The zero-order chi connectivity index (χ0) is 16.1. The molecule has 0 spiro atoms. The van der Waals surface area contributed by atoms with Crippen LogP contribution in [0.5, 0.6) is 0 Å². The minimum atomic E-state index is -4.21. The summed E-state index contributed by atoms with van der Waals surface area (Å²) in [6.07, 6.45) is -4.14. The fourth-order valence-corrected chi connectivity index (χ4v) is 3.67. The topological polar surface area (TPSA) is 0 Å². The van der Waals surface area contributed by atoms with Gasteiger partial charge in [-0.1, -0.05) is 35.9 Å². The van der Waals surface area contributed by atoms with Gasteiger partial charge in [-0.15, -0.1) is 0 Å². The first-order chi connectivity index (χ1) is 10.3. The number of hydrogen-bond acceptors (Lipinski definition) is 0. The van der Waals surface area contributed by atoms with Gasteiger partial charge < -0.3 is 0 Å². The molecule has 0 fully saturated rings. The normalized spacial score (nSPS) is 21.0. The van der Waals surface area contributed by atoms with Crippen LogP contribution in [0.2, 0.25) is 5.02 Å². The molecule has 0 aliphatic heterocycles. The zero-order valence-corrected chi connectivity index (χ0v) is 13.1. The summed E-state index contributed by atoms with van der Waals surface area (Å²) in [4.78, 5) is 0. The third kappa shape index (κ3) is 2.52. The summed E-state index contributed by atoms with van der Waals surface area (Å²) < 4.78 is 40.4. The van der Waals surface area contributed by atoms with Crippen molar-refractivity contribution in [2.45, 2.75) is 38.3 Å². The molecule has 0 heterocycles. The second kappa shape index (κ2) is 5.31. The lowest BCUT2D eigenvalue weighted by Gasteiger charge is -2.18. The molecule has 0 amide bonds. The third-order valence-electron chi connectivity index (χ3n) is 4.56. The summed E-state index contributed by atoms with van der Waals surface area (Å²) in [5, 5.41) is 0.593. The van der Waals surface area contributed by atoms with E-state index in [-0.39, 0.29) is 12.3 Å². The summed E-state index contributed by atoms with van der Waals surface area (Å²) in [5.74, 6) is -1.61. The standard InChI is InChI=1S/C18H16ClF3/c1-10-3-4-11(2)17-15(18(20,21)22)9-14(16(10)17)12-5-7-13(19)8-6-12/h3-8,14-15H,9H2,1-2H3/t14-,15-/m0/s1. The Balaban J connectivity index is 2.17. The first-order valence-electron chi connectivity index (χ1n) is 7.21. The van der Waals surface area contributed by atoms with Crippen molar-refractivity contribution in [1.82, 2.24) is 0 Å². The molecule has 2 atom stereocenters. The van der Waals surface area contributed by atoms with Gasteiger partial charge in [0.05, 0.1) is 5.92 Å². The van der Waals surface area contributed by atoms with E-state index in [2.05, 4.69) is 0 Å². The van der Waals surface area contributed by atoms with Gasteiger partial charge in [-0.3, -0.25) is 0 Å². The van der Waals surface area contributed by atoms with Crippen molar-refractivity contribution < 1.29 is 13.2 Å². The molecule has 0 nitrogen and oxygen atoms in total. The molecule has 1 aliphatic rings. The maximum absolute atomic E-state index is 13.5. The number of benzene rings is 2. The minimum absolute atomic E-state index is 0.0756. The minimum Gasteiger partial charge on any atom is -0.170 e. The zero-order valence-electron chi connectivity index (χ0n) is 12.3. The molecule has 0 unspecified atom stereocenters. The van der Waals surface area contributed by atoms with Gasteiger partial charge in [-0.2, -0.15) is 13.2 Å². The smallest absolute Gasteiger partial charge is 0.170 e. The Bertz CT molecular complexity index is 702. The van der Waals surface area contributed by atoms with E-state index in [0.29, 0.717) is 10.6 Å². The summed E-state index contributed by atoms with van der Waals surface area (Å²) in [5.41, 5.74) is 3.84. The van der Waals surface area contributed by atoms with Crippen LogP contribution in [0.25, 0.3) is 0 Å². The second-order valence-electron chi connectivity index (χ2n) is 5.96. The van der Waals surface area contributed by atoms with E-state index in [0.717, 1.165) is 22.3 Å². The molecule has 0 saturated heterocycles. The molecule has 116 valence electrons. The summed E-state index contributed by atoms with van der Waals surface area (Å²) >= 11 is 5.90. The average molecular weight is 325 g/mol. The van der Waals surface area contributed by atoms with Crippen molar-refractivity contribution in [1.29, 1.82) is 0 Å². The van der Waals surface area contributed by atoms with Gasteiger partial charge in [0.2, 0.25) is 0 Å². The molecule has 2 aromatic carbocycles. The van der Waals surface area contributed by atoms with Crippen molar-refractivity contribution >= 4 is 11.6 Å². The van der Waals surface area contributed by atoms with Crippen LogP contribution in [0.3, 0.4) is 0 Å². The Morgan fingerprint density at radius 2 is 1.45 bits per heavy atom. The van der Waals surface area contributed by atoms with E-state index < -0.39 is 12.1 Å². The van der Waals surface area contributed by atoms with E-state index >= 15 is 0 Å². The Morgan fingerprint density at radius 3 is 2.00 bits per heavy atom. The predicted molar refractivity (Wildman–Crippen MR) is 82.6 cm³/mol. The maximum Gasteiger partial charge on any atom is 0.395 e. The van der Waals surface area contributed by atoms with E-state index in [1.54, 1.807) is 25.1 Å². The number of fused-ring (bicyclic) bond motifs is 1. The van der Waals surface area contributed by atoms with Crippen LogP contribution in [0.4, 0.5) is 13.2 Å². The van der Waals surface area contributed by atoms with Crippen LogP contribution in [-0.2, 0) is 0 Å².